The Morgan fingerprint density at radius 3 is 2.92 bits per heavy atom. The smallest absolute Gasteiger partial charge is 0.222 e. The lowest BCUT2D eigenvalue weighted by Crippen LogP contribution is -2.28. The zero-order valence-corrected chi connectivity index (χ0v) is 15.6. The summed E-state index contributed by atoms with van der Waals surface area (Å²) >= 11 is 0. The Morgan fingerprint density at radius 2 is 2.15 bits per heavy atom. The fraction of sp³-hybridized carbons (Fsp3) is 0.650. The van der Waals surface area contributed by atoms with E-state index in [-0.39, 0.29) is 5.91 Å². The summed E-state index contributed by atoms with van der Waals surface area (Å²) in [4.78, 5) is 19.1. The Hall–Kier alpha value is -2.11. The molecular formula is C20H29N5O. The number of rotatable bonds is 5. The Bertz CT molecular complexity index is 765. The highest BCUT2D eigenvalue weighted by Crippen LogP contribution is 2.28. The second-order valence-electron chi connectivity index (χ2n) is 7.97. The maximum atomic E-state index is 12.5. The van der Waals surface area contributed by atoms with E-state index in [2.05, 4.69) is 27.4 Å². The molecule has 1 atom stereocenters. The van der Waals surface area contributed by atoms with E-state index in [0.29, 0.717) is 24.8 Å². The van der Waals surface area contributed by atoms with Gasteiger partial charge in [-0.1, -0.05) is 26.2 Å². The lowest BCUT2D eigenvalue weighted by atomic mass is 9.95. The zero-order valence-electron chi connectivity index (χ0n) is 15.6. The van der Waals surface area contributed by atoms with Gasteiger partial charge in [0.05, 0.1) is 10.9 Å². The topological polar surface area (TPSA) is 73.9 Å². The third-order valence-corrected chi connectivity index (χ3v) is 5.85. The highest BCUT2D eigenvalue weighted by Gasteiger charge is 2.23. The van der Waals surface area contributed by atoms with Crippen LogP contribution >= 0.6 is 0 Å². The molecule has 1 amide bonds. The van der Waals surface area contributed by atoms with Crippen molar-refractivity contribution in [3.8, 4) is 0 Å². The number of amides is 1. The number of hydrogen-bond acceptors (Lipinski definition) is 4. The molecule has 3 heterocycles. The van der Waals surface area contributed by atoms with Crippen LogP contribution in [0.25, 0.3) is 10.9 Å². The second-order valence-corrected chi connectivity index (χ2v) is 7.97. The standard InChI is InChI=1S/C20H29N5O/c1-14-10-12-25(13-14)18(26)8-7-16-19-17(24-23-16)9-11-21-20(19)22-15-5-3-2-4-6-15/h9,11,14-15H,2-8,10,12-13H2,1H3,(H,21,22)(H,23,24)/t14-/m1/s1. The van der Waals surface area contributed by atoms with E-state index in [0.717, 1.165) is 41.9 Å². The number of H-pyrrole nitrogens is 1. The Morgan fingerprint density at radius 1 is 1.31 bits per heavy atom. The van der Waals surface area contributed by atoms with Gasteiger partial charge in [-0.25, -0.2) is 4.98 Å². The molecule has 2 fully saturated rings. The van der Waals surface area contributed by atoms with E-state index in [9.17, 15) is 4.79 Å². The van der Waals surface area contributed by atoms with Crippen molar-refractivity contribution in [1.82, 2.24) is 20.1 Å². The second kappa shape index (κ2) is 7.64. The highest BCUT2D eigenvalue weighted by atomic mass is 16.2. The van der Waals surface area contributed by atoms with Crippen LogP contribution in [-0.4, -0.2) is 45.1 Å². The molecule has 6 nitrogen and oxygen atoms in total. The number of pyridine rings is 1. The van der Waals surface area contributed by atoms with Crippen LogP contribution in [0.3, 0.4) is 0 Å². The van der Waals surface area contributed by atoms with E-state index in [4.69, 9.17) is 0 Å². The fourth-order valence-electron chi connectivity index (χ4n) is 4.31. The molecular weight excluding hydrogens is 326 g/mol. The van der Waals surface area contributed by atoms with Crippen LogP contribution < -0.4 is 5.32 Å². The lowest BCUT2D eigenvalue weighted by Gasteiger charge is -2.23. The number of nitrogens with zero attached hydrogens (tertiary/aromatic N) is 3. The molecule has 0 aromatic carbocycles. The SMILES string of the molecule is C[C@@H]1CCN(C(=O)CCc2[nH]nc3ccnc(NC4CCCCC4)c23)C1. The van der Waals surface area contributed by atoms with E-state index in [1.807, 2.05) is 17.2 Å². The van der Waals surface area contributed by atoms with Crippen LogP contribution in [0.5, 0.6) is 0 Å². The molecule has 0 radical (unpaired) electrons. The molecule has 1 aliphatic carbocycles. The molecule has 1 saturated heterocycles. The van der Waals surface area contributed by atoms with E-state index >= 15 is 0 Å². The number of nitrogens with one attached hydrogen (secondary N) is 2. The number of aromatic nitrogens is 3. The lowest BCUT2D eigenvalue weighted by molar-refractivity contribution is -0.130. The minimum absolute atomic E-state index is 0.253. The minimum atomic E-state index is 0.253. The molecule has 1 saturated carbocycles. The van der Waals surface area contributed by atoms with E-state index < -0.39 is 0 Å². The number of carbonyl (C=O) groups excluding carboxylic acids is 1. The van der Waals surface area contributed by atoms with Crippen molar-refractivity contribution in [1.29, 1.82) is 0 Å². The van der Waals surface area contributed by atoms with Crippen molar-refractivity contribution in [2.75, 3.05) is 18.4 Å². The van der Waals surface area contributed by atoms with Gasteiger partial charge in [-0.05, 0) is 37.7 Å². The summed E-state index contributed by atoms with van der Waals surface area (Å²) in [5, 5.41) is 12.3. The fourth-order valence-corrected chi connectivity index (χ4v) is 4.31. The summed E-state index contributed by atoms with van der Waals surface area (Å²) in [7, 11) is 0. The first-order chi connectivity index (χ1) is 12.7. The van der Waals surface area contributed by atoms with Crippen molar-refractivity contribution in [3.05, 3.63) is 18.0 Å². The van der Waals surface area contributed by atoms with Crippen molar-refractivity contribution >= 4 is 22.6 Å². The molecule has 2 aromatic heterocycles. The van der Waals surface area contributed by atoms with Crippen LogP contribution in [0.2, 0.25) is 0 Å². The predicted octanol–water partition coefficient (Wildman–Crippen LogP) is 3.50. The monoisotopic (exact) mass is 355 g/mol. The average molecular weight is 355 g/mol. The highest BCUT2D eigenvalue weighted by molar-refractivity contribution is 5.92. The van der Waals surface area contributed by atoms with E-state index in [1.54, 1.807) is 0 Å². The van der Waals surface area contributed by atoms with Gasteiger partial charge >= 0.3 is 0 Å². The van der Waals surface area contributed by atoms with Gasteiger partial charge in [-0.2, -0.15) is 5.10 Å². The molecule has 2 aromatic rings. The van der Waals surface area contributed by atoms with Crippen molar-refractivity contribution in [2.24, 2.45) is 5.92 Å². The summed E-state index contributed by atoms with van der Waals surface area (Å²) in [5.41, 5.74) is 1.95. The van der Waals surface area contributed by atoms with Gasteiger partial charge in [0, 0.05) is 37.4 Å². The Labute approximate surface area is 154 Å². The number of hydrogen-bond donors (Lipinski definition) is 2. The number of carbonyl (C=O) groups is 1. The van der Waals surface area contributed by atoms with Gasteiger partial charge in [0.1, 0.15) is 5.82 Å². The van der Waals surface area contributed by atoms with Gasteiger partial charge in [0.2, 0.25) is 5.91 Å². The number of fused-ring (bicyclic) bond motifs is 1. The molecule has 2 N–H and O–H groups in total. The maximum absolute atomic E-state index is 12.5. The van der Waals surface area contributed by atoms with Gasteiger partial charge in [-0.3, -0.25) is 9.89 Å². The largest absolute Gasteiger partial charge is 0.367 e. The molecule has 140 valence electrons. The molecule has 0 bridgehead atoms. The van der Waals surface area contributed by atoms with Crippen molar-refractivity contribution in [3.63, 3.8) is 0 Å². The van der Waals surface area contributed by atoms with Crippen LogP contribution in [-0.2, 0) is 11.2 Å². The van der Waals surface area contributed by atoms with Gasteiger partial charge in [-0.15, -0.1) is 0 Å². The summed E-state index contributed by atoms with van der Waals surface area (Å²) < 4.78 is 0. The van der Waals surface area contributed by atoms with E-state index in [1.165, 1.54) is 32.1 Å². The van der Waals surface area contributed by atoms with Gasteiger partial charge in [0.15, 0.2) is 0 Å². The summed E-state index contributed by atoms with van der Waals surface area (Å²) in [6, 6.07) is 2.43. The minimum Gasteiger partial charge on any atom is -0.367 e. The van der Waals surface area contributed by atoms with Gasteiger partial charge in [0.25, 0.3) is 0 Å². The molecule has 0 spiro atoms. The third kappa shape index (κ3) is 3.69. The van der Waals surface area contributed by atoms with Crippen LogP contribution in [0.15, 0.2) is 12.3 Å². The maximum Gasteiger partial charge on any atom is 0.222 e. The predicted molar refractivity (Wildman–Crippen MR) is 103 cm³/mol. The van der Waals surface area contributed by atoms with Crippen LogP contribution in [0.4, 0.5) is 5.82 Å². The Balaban J connectivity index is 1.47. The van der Waals surface area contributed by atoms with Crippen molar-refractivity contribution < 1.29 is 4.79 Å². The Kier molecular flexibility index (Phi) is 5.09. The number of aryl methyl sites for hydroxylation is 1. The van der Waals surface area contributed by atoms with Crippen LogP contribution in [0, 0.1) is 5.92 Å². The van der Waals surface area contributed by atoms with Crippen LogP contribution in [0.1, 0.15) is 57.6 Å². The number of likely N-dealkylation sites (tertiary alicyclic amines) is 1. The normalized spacial score (nSPS) is 21.4. The zero-order chi connectivity index (χ0) is 17.9. The first-order valence-corrected chi connectivity index (χ1v) is 10.1. The molecule has 0 unspecified atom stereocenters. The molecule has 6 heteroatoms. The first-order valence-electron chi connectivity index (χ1n) is 10.1. The summed E-state index contributed by atoms with van der Waals surface area (Å²) in [6.45, 7) is 4.02. The number of anilines is 1. The molecule has 4 rings (SSSR count). The molecule has 1 aliphatic heterocycles. The quantitative estimate of drug-likeness (QED) is 0.861. The number of aromatic amines is 1. The first kappa shape index (κ1) is 17.3. The third-order valence-electron chi connectivity index (χ3n) is 5.85. The molecule has 26 heavy (non-hydrogen) atoms. The average Bonchev–Trinajstić information content (AvgIpc) is 3.27. The summed E-state index contributed by atoms with van der Waals surface area (Å²) in [6.07, 6.45) is 10.5. The van der Waals surface area contributed by atoms with Crippen molar-refractivity contribution in [2.45, 2.75) is 64.3 Å². The van der Waals surface area contributed by atoms with Gasteiger partial charge < -0.3 is 10.2 Å². The molecule has 2 aliphatic rings. The summed E-state index contributed by atoms with van der Waals surface area (Å²) in [5.74, 6) is 1.80.